The van der Waals surface area contributed by atoms with Crippen molar-refractivity contribution < 1.29 is 37.6 Å². The van der Waals surface area contributed by atoms with E-state index < -0.39 is 46.8 Å². The molecular formula is C19H18F3IN4O5. The number of benzene rings is 2. The van der Waals surface area contributed by atoms with E-state index in [2.05, 4.69) is 20.5 Å². The lowest BCUT2D eigenvalue weighted by atomic mass is 10.1. The standard InChI is InChI=1S/C19H18F3IN4O5/c1-30-24-4-6-31-25-10-11-8-13(19(29)27-32-7-5-28)18(17(22)16(11)21)26-15-3-2-12(23)9-14(15)20/h2-4,8-10,26,28H,5-7H2,1H3,(H,27,29)/b24-4?,25-10+. The van der Waals surface area contributed by atoms with Crippen molar-refractivity contribution in [1.82, 2.24) is 5.48 Å². The lowest BCUT2D eigenvalue weighted by Gasteiger charge is -2.15. The number of hydrogen-bond donors (Lipinski definition) is 3. The molecule has 13 heteroatoms. The molecule has 0 aliphatic rings. The third-order valence-electron chi connectivity index (χ3n) is 3.62. The Morgan fingerprint density at radius 1 is 1.22 bits per heavy atom. The highest BCUT2D eigenvalue weighted by Gasteiger charge is 2.23. The highest BCUT2D eigenvalue weighted by atomic mass is 127. The molecule has 2 aromatic rings. The van der Waals surface area contributed by atoms with Crippen molar-refractivity contribution in [3.05, 3.63) is 56.4 Å². The van der Waals surface area contributed by atoms with Crippen LogP contribution in [0.4, 0.5) is 24.5 Å². The molecule has 0 atom stereocenters. The lowest BCUT2D eigenvalue weighted by Crippen LogP contribution is -2.26. The molecule has 1 amide bonds. The predicted octanol–water partition coefficient (Wildman–Crippen LogP) is 3.09. The van der Waals surface area contributed by atoms with Crippen molar-refractivity contribution in [3.8, 4) is 0 Å². The van der Waals surface area contributed by atoms with Gasteiger partial charge in [0.15, 0.2) is 18.2 Å². The number of rotatable bonds is 11. The minimum absolute atomic E-state index is 0.109. The summed E-state index contributed by atoms with van der Waals surface area (Å²) >= 11 is 1.88. The van der Waals surface area contributed by atoms with Gasteiger partial charge in [0.05, 0.1) is 42.6 Å². The van der Waals surface area contributed by atoms with Gasteiger partial charge in [0.2, 0.25) is 0 Å². The minimum atomic E-state index is -1.46. The van der Waals surface area contributed by atoms with Crippen LogP contribution in [0.1, 0.15) is 15.9 Å². The summed E-state index contributed by atoms with van der Waals surface area (Å²) in [5.41, 5.74) is 0.335. The molecule has 2 aromatic carbocycles. The molecular weight excluding hydrogens is 548 g/mol. The Bertz CT molecular complexity index is 1010. The van der Waals surface area contributed by atoms with E-state index in [0.29, 0.717) is 3.57 Å². The second-order valence-electron chi connectivity index (χ2n) is 5.77. The molecule has 0 saturated carbocycles. The quantitative estimate of drug-likeness (QED) is 0.167. The monoisotopic (exact) mass is 566 g/mol. The van der Waals surface area contributed by atoms with Gasteiger partial charge in [0, 0.05) is 9.13 Å². The molecule has 0 fully saturated rings. The fourth-order valence-electron chi connectivity index (χ4n) is 2.26. The van der Waals surface area contributed by atoms with Gasteiger partial charge in [-0.2, -0.15) is 0 Å². The average molecular weight is 566 g/mol. The number of nitrogens with zero attached hydrogens (tertiary/aromatic N) is 2. The molecule has 0 saturated heterocycles. The predicted molar refractivity (Wildman–Crippen MR) is 118 cm³/mol. The van der Waals surface area contributed by atoms with Crippen LogP contribution in [-0.2, 0) is 14.5 Å². The summed E-state index contributed by atoms with van der Waals surface area (Å²) in [6.07, 6.45) is 2.08. The molecule has 0 aliphatic heterocycles. The van der Waals surface area contributed by atoms with E-state index in [1.54, 1.807) is 0 Å². The van der Waals surface area contributed by atoms with Crippen LogP contribution >= 0.6 is 22.6 Å². The molecule has 9 nitrogen and oxygen atoms in total. The van der Waals surface area contributed by atoms with Crippen molar-refractivity contribution in [3.63, 3.8) is 0 Å². The second kappa shape index (κ2) is 12.8. The fraction of sp³-hybridized carbons (Fsp3) is 0.211. The fourth-order valence-corrected chi connectivity index (χ4v) is 2.71. The first-order chi connectivity index (χ1) is 15.4. The molecule has 3 N–H and O–H groups in total. The first-order valence-corrected chi connectivity index (χ1v) is 9.94. The summed E-state index contributed by atoms with van der Waals surface area (Å²) in [5, 5.41) is 18.0. The average Bonchev–Trinajstić information content (AvgIpc) is 2.76. The van der Waals surface area contributed by atoms with E-state index in [1.165, 1.54) is 31.5 Å². The van der Waals surface area contributed by atoms with Gasteiger partial charge in [0.1, 0.15) is 12.9 Å². The van der Waals surface area contributed by atoms with Gasteiger partial charge in [-0.05, 0) is 46.9 Å². The van der Waals surface area contributed by atoms with Crippen molar-refractivity contribution >= 4 is 52.3 Å². The SMILES string of the molecule is CON=CCO/N=C/c1cc(C(=O)NOCCO)c(Nc2ccc(I)cc2F)c(F)c1F. The minimum Gasteiger partial charge on any atom is -0.399 e. The van der Waals surface area contributed by atoms with Gasteiger partial charge in [-0.15, -0.1) is 0 Å². The van der Waals surface area contributed by atoms with Gasteiger partial charge >= 0.3 is 0 Å². The van der Waals surface area contributed by atoms with E-state index in [9.17, 15) is 18.0 Å². The molecule has 172 valence electrons. The maximum atomic E-state index is 14.9. The van der Waals surface area contributed by atoms with Crippen molar-refractivity contribution in [2.24, 2.45) is 10.3 Å². The maximum absolute atomic E-state index is 14.9. The van der Waals surface area contributed by atoms with Crippen LogP contribution in [0, 0.1) is 21.0 Å². The number of halogens is 4. The summed E-state index contributed by atoms with van der Waals surface area (Å²) in [4.78, 5) is 26.4. The number of nitrogens with one attached hydrogen (secondary N) is 2. The van der Waals surface area contributed by atoms with E-state index in [-0.39, 0.29) is 18.9 Å². The highest BCUT2D eigenvalue weighted by molar-refractivity contribution is 14.1. The number of hydroxylamine groups is 1. The van der Waals surface area contributed by atoms with Crippen LogP contribution in [0.15, 0.2) is 34.6 Å². The van der Waals surface area contributed by atoms with Crippen LogP contribution in [0.25, 0.3) is 0 Å². The van der Waals surface area contributed by atoms with E-state index in [4.69, 9.17) is 14.8 Å². The Balaban J connectivity index is 2.41. The van der Waals surface area contributed by atoms with Gasteiger partial charge in [-0.25, -0.2) is 18.7 Å². The smallest absolute Gasteiger partial charge is 0.277 e. The first-order valence-electron chi connectivity index (χ1n) is 8.86. The second-order valence-corrected chi connectivity index (χ2v) is 7.02. The molecule has 2 rings (SSSR count). The number of carbonyl (C=O) groups is 1. The van der Waals surface area contributed by atoms with Crippen LogP contribution in [0.3, 0.4) is 0 Å². The number of oxime groups is 2. The summed E-state index contributed by atoms with van der Waals surface area (Å²) in [6.45, 7) is -0.740. The Kier molecular flexibility index (Phi) is 10.2. The number of hydrogen-bond acceptors (Lipinski definition) is 8. The number of aliphatic hydroxyl groups is 1. The van der Waals surface area contributed by atoms with E-state index in [1.807, 2.05) is 28.1 Å². The normalized spacial score (nSPS) is 11.2. The Labute approximate surface area is 194 Å². The number of aliphatic hydroxyl groups excluding tert-OH is 1. The Morgan fingerprint density at radius 2 is 2.00 bits per heavy atom. The third-order valence-corrected chi connectivity index (χ3v) is 4.29. The van der Waals surface area contributed by atoms with E-state index >= 15 is 0 Å². The van der Waals surface area contributed by atoms with Gasteiger partial charge in [0.25, 0.3) is 5.91 Å². The zero-order valence-corrected chi connectivity index (χ0v) is 18.7. The topological polar surface area (TPSA) is 114 Å². The molecule has 0 radical (unpaired) electrons. The van der Waals surface area contributed by atoms with Crippen LogP contribution in [0.5, 0.6) is 0 Å². The summed E-state index contributed by atoms with van der Waals surface area (Å²) in [7, 11) is 1.33. The van der Waals surface area contributed by atoms with Crippen LogP contribution in [-0.4, -0.2) is 50.4 Å². The zero-order valence-electron chi connectivity index (χ0n) is 16.6. The number of carbonyl (C=O) groups excluding carboxylic acids is 1. The lowest BCUT2D eigenvalue weighted by molar-refractivity contribution is 0.0168. The molecule has 0 spiro atoms. The van der Waals surface area contributed by atoms with Crippen molar-refractivity contribution in [2.45, 2.75) is 0 Å². The number of anilines is 2. The zero-order chi connectivity index (χ0) is 23.5. The van der Waals surface area contributed by atoms with Crippen LogP contribution in [0.2, 0.25) is 0 Å². The Morgan fingerprint density at radius 3 is 2.69 bits per heavy atom. The molecule has 0 bridgehead atoms. The molecule has 0 aliphatic carbocycles. The molecule has 32 heavy (non-hydrogen) atoms. The van der Waals surface area contributed by atoms with Crippen LogP contribution < -0.4 is 10.8 Å². The van der Waals surface area contributed by atoms with E-state index in [0.717, 1.165) is 12.3 Å². The van der Waals surface area contributed by atoms with Crippen molar-refractivity contribution in [2.75, 3.05) is 32.2 Å². The summed E-state index contributed by atoms with van der Waals surface area (Å²) in [5.74, 6) is -4.53. The first kappa shape index (κ1) is 25.4. The maximum Gasteiger partial charge on any atom is 0.277 e. The summed E-state index contributed by atoms with van der Waals surface area (Å²) < 4.78 is 44.3. The molecule has 0 aromatic heterocycles. The highest BCUT2D eigenvalue weighted by Crippen LogP contribution is 2.30. The third kappa shape index (κ3) is 7.06. The van der Waals surface area contributed by atoms with Gasteiger partial charge in [-0.1, -0.05) is 10.3 Å². The largest absolute Gasteiger partial charge is 0.399 e. The summed E-state index contributed by atoms with van der Waals surface area (Å²) in [6, 6.07) is 4.99. The van der Waals surface area contributed by atoms with Gasteiger partial charge < -0.3 is 20.1 Å². The Hall–Kier alpha value is -2.91. The number of amides is 1. The van der Waals surface area contributed by atoms with Gasteiger partial charge in [-0.3, -0.25) is 9.63 Å². The van der Waals surface area contributed by atoms with Crippen molar-refractivity contribution in [1.29, 1.82) is 0 Å². The molecule has 0 unspecified atom stereocenters. The molecule has 0 heterocycles.